The minimum absolute atomic E-state index is 0.0528. The molecule has 1 amide bonds. The van der Waals surface area contributed by atoms with Crippen LogP contribution in [0.1, 0.15) is 11.6 Å². The second-order valence-corrected chi connectivity index (χ2v) is 6.64. The van der Waals surface area contributed by atoms with E-state index in [1.54, 1.807) is 18.2 Å². The van der Waals surface area contributed by atoms with Gasteiger partial charge >= 0.3 is 0 Å². The molecule has 0 unspecified atom stereocenters. The van der Waals surface area contributed by atoms with Crippen molar-refractivity contribution >= 4 is 16.8 Å². The number of nitrogens with one attached hydrogen (secondary N) is 2. The van der Waals surface area contributed by atoms with Gasteiger partial charge < -0.3 is 10.2 Å². The zero-order valence-corrected chi connectivity index (χ0v) is 15.0. The second kappa shape index (κ2) is 7.93. The van der Waals surface area contributed by atoms with E-state index >= 15 is 0 Å². The average Bonchev–Trinajstić information content (AvgIpc) is 2.64. The number of hydrogen-bond acceptors (Lipinski definition) is 3. The quantitative estimate of drug-likeness (QED) is 0.675. The Labute approximate surface area is 152 Å². The fraction of sp³-hybridized carbons (Fsp3) is 0.250. The van der Waals surface area contributed by atoms with Gasteiger partial charge in [-0.1, -0.05) is 42.5 Å². The van der Waals surface area contributed by atoms with Crippen LogP contribution in [0.2, 0.25) is 0 Å². The van der Waals surface area contributed by atoms with Gasteiger partial charge in [-0.2, -0.15) is 0 Å². The van der Waals surface area contributed by atoms with Crippen LogP contribution in [0.5, 0.6) is 0 Å². The van der Waals surface area contributed by atoms with E-state index in [0.29, 0.717) is 10.9 Å². The molecule has 3 aromatic rings. The molecule has 1 heterocycles. The molecule has 26 heavy (non-hydrogen) atoms. The summed E-state index contributed by atoms with van der Waals surface area (Å²) in [5.41, 5.74) is 1.47. The number of quaternary nitrogens is 1. The maximum atomic E-state index is 12.6. The molecule has 2 aromatic carbocycles. The molecule has 3 rings (SSSR count). The molecule has 2 N–H and O–H groups in total. The molecule has 0 aliphatic rings. The molecule has 6 nitrogen and oxygen atoms in total. The molecule has 0 aliphatic carbocycles. The Morgan fingerprint density at radius 1 is 1.12 bits per heavy atom. The van der Waals surface area contributed by atoms with Gasteiger partial charge in [-0.3, -0.25) is 14.2 Å². The zero-order valence-electron chi connectivity index (χ0n) is 15.0. The van der Waals surface area contributed by atoms with Crippen LogP contribution in [0.3, 0.4) is 0 Å². The highest BCUT2D eigenvalue weighted by molar-refractivity contribution is 5.79. The van der Waals surface area contributed by atoms with Crippen molar-refractivity contribution < 1.29 is 9.69 Å². The van der Waals surface area contributed by atoms with Gasteiger partial charge in [0, 0.05) is 0 Å². The van der Waals surface area contributed by atoms with Crippen LogP contribution in [0.4, 0.5) is 0 Å². The van der Waals surface area contributed by atoms with E-state index in [2.05, 4.69) is 10.3 Å². The van der Waals surface area contributed by atoms with E-state index in [9.17, 15) is 9.59 Å². The number of nitrogens with zero attached hydrogens (tertiary/aromatic N) is 2. The van der Waals surface area contributed by atoms with E-state index in [1.807, 2.05) is 50.5 Å². The first-order chi connectivity index (χ1) is 12.5. The van der Waals surface area contributed by atoms with Gasteiger partial charge in [0.1, 0.15) is 19.1 Å². The van der Waals surface area contributed by atoms with Gasteiger partial charge in [-0.05, 0) is 17.7 Å². The lowest BCUT2D eigenvalue weighted by atomic mass is 10.1. The van der Waals surface area contributed by atoms with Crippen LogP contribution in [-0.2, 0) is 11.3 Å². The monoisotopic (exact) mass is 351 g/mol. The average molecular weight is 351 g/mol. The zero-order chi connectivity index (χ0) is 18.5. The van der Waals surface area contributed by atoms with Crippen molar-refractivity contribution in [1.82, 2.24) is 14.9 Å². The molecule has 1 aromatic heterocycles. The molecular formula is C20H23N4O2+. The number of rotatable bonds is 6. The van der Waals surface area contributed by atoms with Gasteiger partial charge in [0.2, 0.25) is 5.91 Å². The van der Waals surface area contributed by atoms with Crippen LogP contribution in [0.25, 0.3) is 10.9 Å². The van der Waals surface area contributed by atoms with Crippen LogP contribution in [0.15, 0.2) is 65.7 Å². The third-order valence-electron chi connectivity index (χ3n) is 4.20. The van der Waals surface area contributed by atoms with Crippen molar-refractivity contribution in [2.45, 2.75) is 12.6 Å². The third kappa shape index (κ3) is 4.15. The van der Waals surface area contributed by atoms with Crippen molar-refractivity contribution in [2.75, 3.05) is 20.6 Å². The first-order valence-electron chi connectivity index (χ1n) is 8.62. The molecule has 0 radical (unpaired) electrons. The number of aromatic nitrogens is 2. The fourth-order valence-corrected chi connectivity index (χ4v) is 2.96. The molecular weight excluding hydrogens is 328 g/mol. The van der Waals surface area contributed by atoms with E-state index in [0.717, 1.165) is 12.1 Å². The lowest BCUT2D eigenvalue weighted by Crippen LogP contribution is -3.06. The first kappa shape index (κ1) is 17.8. The van der Waals surface area contributed by atoms with Crippen LogP contribution in [0, 0.1) is 0 Å². The Kier molecular flexibility index (Phi) is 5.43. The molecule has 0 spiro atoms. The number of carbonyl (C=O) groups excluding carboxylic acids is 1. The van der Waals surface area contributed by atoms with Crippen molar-refractivity contribution in [3.05, 3.63) is 76.8 Å². The van der Waals surface area contributed by atoms with E-state index < -0.39 is 0 Å². The Morgan fingerprint density at radius 2 is 1.81 bits per heavy atom. The lowest BCUT2D eigenvalue weighted by molar-refractivity contribution is -0.860. The Hall–Kier alpha value is -2.99. The fourth-order valence-electron chi connectivity index (χ4n) is 2.96. The topological polar surface area (TPSA) is 68.4 Å². The van der Waals surface area contributed by atoms with Crippen molar-refractivity contribution in [3.63, 3.8) is 0 Å². The number of hydrogen-bond donors (Lipinski definition) is 2. The summed E-state index contributed by atoms with van der Waals surface area (Å²) in [6.45, 7) is 0.698. The maximum absolute atomic E-state index is 12.6. The number of para-hydroxylation sites is 1. The summed E-state index contributed by atoms with van der Waals surface area (Å²) in [7, 11) is 4.08. The van der Waals surface area contributed by atoms with Crippen LogP contribution in [-0.4, -0.2) is 36.1 Å². The van der Waals surface area contributed by atoms with Gasteiger partial charge in [0.25, 0.3) is 5.56 Å². The number of benzene rings is 2. The van der Waals surface area contributed by atoms with Gasteiger partial charge in [0.15, 0.2) is 0 Å². The predicted molar refractivity (Wildman–Crippen MR) is 101 cm³/mol. The van der Waals surface area contributed by atoms with Crippen LogP contribution < -0.4 is 15.8 Å². The molecule has 0 fully saturated rings. The number of fused-ring (bicyclic) bond motifs is 1. The lowest BCUT2D eigenvalue weighted by Gasteiger charge is -2.21. The Balaban J connectivity index is 1.78. The number of likely N-dealkylation sites (N-methyl/N-ethyl adjacent to an activating group) is 1. The van der Waals surface area contributed by atoms with E-state index in [4.69, 9.17) is 0 Å². The minimum Gasteiger partial charge on any atom is -0.342 e. The highest BCUT2D eigenvalue weighted by atomic mass is 16.2. The molecule has 6 heteroatoms. The normalized spacial score (nSPS) is 12.3. The highest BCUT2D eigenvalue weighted by Gasteiger charge is 2.18. The summed E-state index contributed by atoms with van der Waals surface area (Å²) in [5.74, 6) is -0.209. The molecule has 0 bridgehead atoms. The van der Waals surface area contributed by atoms with Crippen molar-refractivity contribution in [1.29, 1.82) is 0 Å². The smallest absolute Gasteiger partial charge is 0.261 e. The predicted octanol–water partition coefficient (Wildman–Crippen LogP) is 0.399. The Bertz CT molecular complexity index is 951. The number of carbonyl (C=O) groups is 1. The van der Waals surface area contributed by atoms with E-state index in [1.165, 1.54) is 15.8 Å². The molecule has 0 aliphatic heterocycles. The summed E-state index contributed by atoms with van der Waals surface area (Å²) in [6, 6.07) is 16.9. The van der Waals surface area contributed by atoms with Gasteiger partial charge in [-0.25, -0.2) is 4.98 Å². The molecule has 0 saturated carbocycles. The second-order valence-electron chi connectivity index (χ2n) is 6.64. The summed E-state index contributed by atoms with van der Waals surface area (Å²) in [4.78, 5) is 30.6. The summed E-state index contributed by atoms with van der Waals surface area (Å²) in [5, 5.41) is 3.56. The summed E-state index contributed by atoms with van der Waals surface area (Å²) < 4.78 is 1.35. The van der Waals surface area contributed by atoms with Crippen molar-refractivity contribution in [3.8, 4) is 0 Å². The van der Waals surface area contributed by atoms with Crippen LogP contribution >= 0.6 is 0 Å². The van der Waals surface area contributed by atoms with Gasteiger partial charge in [-0.15, -0.1) is 0 Å². The highest BCUT2D eigenvalue weighted by Crippen LogP contribution is 2.10. The third-order valence-corrected chi connectivity index (χ3v) is 4.20. The standard InChI is InChI=1S/C20H22N4O2/c1-23(2)12-18(15-8-4-3-5-9-15)22-19(25)13-24-14-21-17-11-7-6-10-16(17)20(24)26/h3-11,14,18H,12-13H2,1-2H3,(H,22,25)/p+1/t18-/m1/s1. The molecule has 1 atom stereocenters. The summed E-state index contributed by atoms with van der Waals surface area (Å²) in [6.07, 6.45) is 1.43. The first-order valence-corrected chi connectivity index (χ1v) is 8.62. The Morgan fingerprint density at radius 3 is 2.54 bits per heavy atom. The largest absolute Gasteiger partial charge is 0.342 e. The molecule has 0 saturated heterocycles. The van der Waals surface area contributed by atoms with Gasteiger partial charge in [0.05, 0.1) is 31.3 Å². The summed E-state index contributed by atoms with van der Waals surface area (Å²) >= 11 is 0. The van der Waals surface area contributed by atoms with E-state index in [-0.39, 0.29) is 24.1 Å². The maximum Gasteiger partial charge on any atom is 0.261 e. The molecule has 134 valence electrons. The van der Waals surface area contributed by atoms with Crippen molar-refractivity contribution in [2.24, 2.45) is 0 Å². The SMILES string of the molecule is C[NH+](C)C[C@@H](NC(=O)Cn1cnc2ccccc2c1=O)c1ccccc1. The minimum atomic E-state index is -0.209. The number of amides is 1.